The Morgan fingerprint density at radius 3 is 2.93 bits per heavy atom. The van der Waals surface area contributed by atoms with E-state index in [4.69, 9.17) is 16.9 Å². The molecule has 0 aromatic carbocycles. The van der Waals surface area contributed by atoms with Crippen molar-refractivity contribution in [1.29, 1.82) is 5.26 Å². The minimum atomic E-state index is -0.545. The molecule has 0 fully saturated rings. The Kier molecular flexibility index (Phi) is 4.12. The van der Waals surface area contributed by atoms with Gasteiger partial charge in [0.1, 0.15) is 5.92 Å². The van der Waals surface area contributed by atoms with E-state index in [1.165, 1.54) is 11.3 Å². The molecule has 2 nitrogen and oxygen atoms in total. The van der Waals surface area contributed by atoms with Gasteiger partial charge in [-0.05, 0) is 17.9 Å². The molecule has 0 aliphatic carbocycles. The van der Waals surface area contributed by atoms with Crippen molar-refractivity contribution < 1.29 is 4.79 Å². The second-order valence-corrected chi connectivity index (χ2v) is 4.26. The Balaban J connectivity index is 2.85. The van der Waals surface area contributed by atoms with E-state index in [-0.39, 0.29) is 5.78 Å². The maximum absolute atomic E-state index is 11.8. The molecule has 1 heterocycles. The van der Waals surface area contributed by atoms with Crippen molar-refractivity contribution in [2.45, 2.75) is 19.8 Å². The molecular formula is C10H10ClNOS. The number of carbonyl (C=O) groups excluding carboxylic acids is 1. The molecule has 1 unspecified atom stereocenters. The fourth-order valence-corrected chi connectivity index (χ4v) is 2.31. The van der Waals surface area contributed by atoms with E-state index in [2.05, 4.69) is 0 Å². The van der Waals surface area contributed by atoms with Gasteiger partial charge in [0.15, 0.2) is 5.78 Å². The Labute approximate surface area is 92.1 Å². The summed E-state index contributed by atoms with van der Waals surface area (Å²) in [5.74, 6) is -0.689. The lowest BCUT2D eigenvalue weighted by Crippen LogP contribution is -2.11. The van der Waals surface area contributed by atoms with Gasteiger partial charge < -0.3 is 0 Å². The molecule has 0 aliphatic heterocycles. The van der Waals surface area contributed by atoms with Gasteiger partial charge in [-0.2, -0.15) is 5.26 Å². The van der Waals surface area contributed by atoms with E-state index < -0.39 is 5.92 Å². The van der Waals surface area contributed by atoms with Crippen LogP contribution < -0.4 is 0 Å². The van der Waals surface area contributed by atoms with Crippen molar-refractivity contribution in [3.63, 3.8) is 0 Å². The number of rotatable bonds is 4. The van der Waals surface area contributed by atoms with E-state index >= 15 is 0 Å². The summed E-state index contributed by atoms with van der Waals surface area (Å²) in [5, 5.41) is 11.0. The molecule has 0 aliphatic rings. The molecule has 1 rings (SSSR count). The first kappa shape index (κ1) is 11.2. The normalized spacial score (nSPS) is 12.1. The summed E-state index contributed by atoms with van der Waals surface area (Å²) in [7, 11) is 0. The molecule has 4 heteroatoms. The highest BCUT2D eigenvalue weighted by atomic mass is 35.5. The largest absolute Gasteiger partial charge is 0.292 e. The predicted octanol–water partition coefficient (Wildman–Crippen LogP) is 3.52. The number of carbonyl (C=O) groups is 1. The van der Waals surface area contributed by atoms with Crippen LogP contribution in [0.4, 0.5) is 0 Å². The molecule has 0 amide bonds. The molecule has 1 aromatic rings. The van der Waals surface area contributed by atoms with Crippen LogP contribution in [-0.4, -0.2) is 5.78 Å². The highest BCUT2D eigenvalue weighted by molar-refractivity contribution is 7.12. The van der Waals surface area contributed by atoms with Crippen LogP contribution in [0.25, 0.3) is 0 Å². The fraction of sp³-hybridized carbons (Fsp3) is 0.400. The van der Waals surface area contributed by atoms with Crippen LogP contribution in [0.5, 0.6) is 0 Å². The second-order valence-electron chi connectivity index (χ2n) is 2.93. The third-order valence-electron chi connectivity index (χ3n) is 1.89. The number of hydrogen-bond acceptors (Lipinski definition) is 3. The molecule has 0 radical (unpaired) electrons. The number of hydrogen-bond donors (Lipinski definition) is 0. The van der Waals surface area contributed by atoms with Gasteiger partial charge in [-0.25, -0.2) is 0 Å². The minimum Gasteiger partial charge on any atom is -0.292 e. The number of thiophene rings is 1. The van der Waals surface area contributed by atoms with Crippen LogP contribution in [0.3, 0.4) is 0 Å². The fourth-order valence-electron chi connectivity index (χ4n) is 1.17. The molecule has 1 atom stereocenters. The van der Waals surface area contributed by atoms with E-state index in [9.17, 15) is 4.79 Å². The highest BCUT2D eigenvalue weighted by Crippen LogP contribution is 2.26. The standard InChI is InChI=1S/C10H10ClNOS/c1-2-3-7(6-12)9(13)10-8(11)4-5-14-10/h4-5,7H,2-3H2,1H3. The Bertz CT molecular complexity index is 366. The van der Waals surface area contributed by atoms with Crippen LogP contribution in [0.15, 0.2) is 11.4 Å². The van der Waals surface area contributed by atoms with Gasteiger partial charge in [0.2, 0.25) is 0 Å². The maximum atomic E-state index is 11.8. The average Bonchev–Trinajstić information content (AvgIpc) is 2.59. The van der Waals surface area contributed by atoms with Crippen molar-refractivity contribution >= 4 is 28.7 Å². The van der Waals surface area contributed by atoms with Gasteiger partial charge in [-0.1, -0.05) is 24.9 Å². The molecule has 0 saturated heterocycles. The van der Waals surface area contributed by atoms with Crippen molar-refractivity contribution in [3.05, 3.63) is 21.3 Å². The number of nitriles is 1. The summed E-state index contributed by atoms with van der Waals surface area (Å²) >= 11 is 7.11. The zero-order valence-corrected chi connectivity index (χ0v) is 9.36. The monoisotopic (exact) mass is 227 g/mol. The molecule has 74 valence electrons. The summed E-state index contributed by atoms with van der Waals surface area (Å²) in [6.45, 7) is 1.95. The lowest BCUT2D eigenvalue weighted by Gasteiger charge is -2.04. The van der Waals surface area contributed by atoms with Crippen LogP contribution in [0.1, 0.15) is 29.4 Å². The number of nitrogens with zero attached hydrogens (tertiary/aromatic N) is 1. The highest BCUT2D eigenvalue weighted by Gasteiger charge is 2.21. The lowest BCUT2D eigenvalue weighted by molar-refractivity contribution is 0.0948. The maximum Gasteiger partial charge on any atom is 0.191 e. The molecule has 0 N–H and O–H groups in total. The molecule has 0 saturated carbocycles. The van der Waals surface area contributed by atoms with E-state index in [0.29, 0.717) is 16.3 Å². The van der Waals surface area contributed by atoms with E-state index in [1.807, 2.05) is 13.0 Å². The quantitative estimate of drug-likeness (QED) is 0.739. The summed E-state index contributed by atoms with van der Waals surface area (Å²) in [5.41, 5.74) is 0. The van der Waals surface area contributed by atoms with Gasteiger partial charge >= 0.3 is 0 Å². The first-order valence-electron chi connectivity index (χ1n) is 4.37. The SMILES string of the molecule is CCCC(C#N)C(=O)c1sccc1Cl. The minimum absolute atomic E-state index is 0.144. The topological polar surface area (TPSA) is 40.9 Å². The first-order chi connectivity index (χ1) is 6.70. The van der Waals surface area contributed by atoms with Gasteiger partial charge in [0.25, 0.3) is 0 Å². The van der Waals surface area contributed by atoms with Crippen molar-refractivity contribution in [2.24, 2.45) is 5.92 Å². The van der Waals surface area contributed by atoms with Gasteiger partial charge in [0, 0.05) is 0 Å². The summed E-state index contributed by atoms with van der Waals surface area (Å²) < 4.78 is 0. The van der Waals surface area contributed by atoms with Crippen LogP contribution in [0.2, 0.25) is 5.02 Å². The molecule has 0 spiro atoms. The number of halogens is 1. The Hall–Kier alpha value is -0.850. The predicted molar refractivity (Wildman–Crippen MR) is 57.7 cm³/mol. The lowest BCUT2D eigenvalue weighted by atomic mass is 9.99. The van der Waals surface area contributed by atoms with Crippen LogP contribution in [0, 0.1) is 17.2 Å². The number of ketones is 1. The molecule has 0 bridgehead atoms. The average molecular weight is 228 g/mol. The summed E-state index contributed by atoms with van der Waals surface area (Å²) in [4.78, 5) is 12.3. The second kappa shape index (κ2) is 5.14. The van der Waals surface area contributed by atoms with Gasteiger partial charge in [-0.15, -0.1) is 11.3 Å². The van der Waals surface area contributed by atoms with Gasteiger partial charge in [0.05, 0.1) is 16.0 Å². The first-order valence-corrected chi connectivity index (χ1v) is 5.63. The van der Waals surface area contributed by atoms with Crippen molar-refractivity contribution in [1.82, 2.24) is 0 Å². The van der Waals surface area contributed by atoms with E-state index in [0.717, 1.165) is 6.42 Å². The molecule has 14 heavy (non-hydrogen) atoms. The zero-order valence-electron chi connectivity index (χ0n) is 7.79. The summed E-state index contributed by atoms with van der Waals surface area (Å²) in [6.07, 6.45) is 1.43. The number of Topliss-reactive ketones (excluding diaryl/α,β-unsaturated/α-hetero) is 1. The van der Waals surface area contributed by atoms with E-state index in [1.54, 1.807) is 11.4 Å². The van der Waals surface area contributed by atoms with Crippen molar-refractivity contribution in [2.75, 3.05) is 0 Å². The third kappa shape index (κ3) is 2.34. The van der Waals surface area contributed by atoms with Crippen LogP contribution in [-0.2, 0) is 0 Å². The molecular weight excluding hydrogens is 218 g/mol. The van der Waals surface area contributed by atoms with Gasteiger partial charge in [-0.3, -0.25) is 4.79 Å². The summed E-state index contributed by atoms with van der Waals surface area (Å²) in [6, 6.07) is 3.70. The zero-order chi connectivity index (χ0) is 10.6. The molecule has 1 aromatic heterocycles. The smallest absolute Gasteiger partial charge is 0.191 e. The van der Waals surface area contributed by atoms with Crippen molar-refractivity contribution in [3.8, 4) is 6.07 Å². The Morgan fingerprint density at radius 1 is 1.79 bits per heavy atom. The Morgan fingerprint density at radius 2 is 2.50 bits per heavy atom. The van der Waals surface area contributed by atoms with Crippen LogP contribution >= 0.6 is 22.9 Å². The third-order valence-corrected chi connectivity index (χ3v) is 3.25.